The molecule has 0 aliphatic carbocycles. The molecule has 10 heteroatoms. The summed E-state index contributed by atoms with van der Waals surface area (Å²) in [5.74, 6) is 0.118. The zero-order valence-corrected chi connectivity index (χ0v) is 38.5. The molecule has 2 aromatic rings. The van der Waals surface area contributed by atoms with Crippen LogP contribution in [0.15, 0.2) is 73.4 Å². The summed E-state index contributed by atoms with van der Waals surface area (Å²) in [5.41, 5.74) is 2.13. The first-order valence-electron chi connectivity index (χ1n) is 22.1. The van der Waals surface area contributed by atoms with Crippen LogP contribution in [0.5, 0.6) is 0 Å². The normalized spacial score (nSPS) is 12.4. The monoisotopic (exact) mass is 810 g/mol. The van der Waals surface area contributed by atoms with Gasteiger partial charge >= 0.3 is 0 Å². The molecule has 0 atom stereocenters. The summed E-state index contributed by atoms with van der Waals surface area (Å²) in [6.45, 7) is 14.7. The van der Waals surface area contributed by atoms with E-state index < -0.39 is 13.9 Å². The lowest BCUT2D eigenvalue weighted by molar-refractivity contribution is -0.842. The Balaban J connectivity index is 0.000000586. The lowest BCUT2D eigenvalue weighted by atomic mass is 9.70. The van der Waals surface area contributed by atoms with Crippen molar-refractivity contribution < 1.29 is 23.5 Å². The van der Waals surface area contributed by atoms with Crippen LogP contribution in [0.1, 0.15) is 129 Å². The fraction of sp³-hybridized carbons (Fsp3) is 0.667. The molecule has 0 aliphatic heterocycles. The number of carbonyl (C=O) groups is 2. The second-order valence-corrected chi connectivity index (χ2v) is 18.1. The smallest absolute Gasteiger partial charge is 0.227 e. The first-order chi connectivity index (χ1) is 27.2. The van der Waals surface area contributed by atoms with Gasteiger partial charge in [0.05, 0.1) is 81.6 Å². The number of unbranched alkanes of at least 4 members (excludes halogenated alkanes) is 4. The molecule has 2 rings (SSSR count). The van der Waals surface area contributed by atoms with Crippen molar-refractivity contribution in [1.82, 2.24) is 9.80 Å². The molecule has 0 aromatic heterocycles. The molecule has 0 saturated carbocycles. The number of benzene rings is 2. The standard InChI is InChI=1S/C25H45N3O3.C23H38N2O2/c1-7-9-16-25(17-10-8-2,23-14-12-11-13-15-23)22-24(29)26(18-20-27(3,4)30)19-21-28(5,6)31;1-6-9-16-23(17-10-7-2,21-14-12-11-13-15-21)20-22(26)24(8-3)18-19-25(4,5)27/h11-15H,7-10,16-22H2,1-6H3;8,11-15H,3,6-7,9-10,16-20H2,1-2,4-5H3. The number of hydroxylamine groups is 9. The predicted octanol–water partition coefficient (Wildman–Crippen LogP) is 9.91. The molecule has 58 heavy (non-hydrogen) atoms. The highest BCUT2D eigenvalue weighted by molar-refractivity contribution is 5.79. The lowest BCUT2D eigenvalue weighted by Gasteiger charge is -2.40. The van der Waals surface area contributed by atoms with Gasteiger partial charge in [0.2, 0.25) is 11.8 Å². The van der Waals surface area contributed by atoms with E-state index in [1.165, 1.54) is 11.1 Å². The van der Waals surface area contributed by atoms with E-state index in [9.17, 15) is 25.2 Å². The van der Waals surface area contributed by atoms with Gasteiger partial charge in [-0.3, -0.25) is 9.59 Å². The van der Waals surface area contributed by atoms with E-state index >= 15 is 0 Å². The second kappa shape index (κ2) is 26.2. The Morgan fingerprint density at radius 2 is 0.862 bits per heavy atom. The average molecular weight is 810 g/mol. The molecule has 0 heterocycles. The molecule has 330 valence electrons. The SMILES string of the molecule is C=CN(CC[N+](C)(C)[O-])C(=O)CC(CCCC)(CCCC)c1ccccc1.CCCCC(CCCC)(CC(=O)N(CC[N+](C)(C)[O-])CC[N+](C)(C)[O-])c1ccccc1. The van der Waals surface area contributed by atoms with Crippen LogP contribution >= 0.6 is 0 Å². The van der Waals surface area contributed by atoms with E-state index in [4.69, 9.17) is 0 Å². The van der Waals surface area contributed by atoms with Crippen LogP contribution in [-0.4, -0.2) is 117 Å². The average Bonchev–Trinajstić information content (AvgIpc) is 3.16. The van der Waals surface area contributed by atoms with E-state index in [-0.39, 0.29) is 22.6 Å². The van der Waals surface area contributed by atoms with Crippen molar-refractivity contribution in [2.45, 2.75) is 128 Å². The zero-order chi connectivity index (χ0) is 43.9. The molecular formula is C48H83N5O5. The number of hydrogen-bond donors (Lipinski definition) is 0. The van der Waals surface area contributed by atoms with Crippen molar-refractivity contribution in [3.05, 3.63) is 100 Å². The minimum absolute atomic E-state index is 0.0537. The number of hydrogen-bond acceptors (Lipinski definition) is 5. The molecule has 0 radical (unpaired) electrons. The van der Waals surface area contributed by atoms with Gasteiger partial charge in [0.1, 0.15) is 0 Å². The first-order valence-corrected chi connectivity index (χ1v) is 22.1. The second-order valence-electron chi connectivity index (χ2n) is 18.1. The number of carbonyl (C=O) groups excluding carboxylic acids is 2. The summed E-state index contributed by atoms with van der Waals surface area (Å²) < 4.78 is -1.31. The molecule has 0 saturated heterocycles. The van der Waals surface area contributed by atoms with Gasteiger partial charge in [-0.1, -0.05) is 146 Å². The fourth-order valence-electron chi connectivity index (χ4n) is 7.57. The van der Waals surface area contributed by atoms with Crippen LogP contribution in [0.2, 0.25) is 0 Å². The summed E-state index contributed by atoms with van der Waals surface area (Å²) in [4.78, 5) is 30.1. The topological polar surface area (TPSA) is 110 Å². The van der Waals surface area contributed by atoms with Crippen molar-refractivity contribution in [2.24, 2.45) is 0 Å². The molecule has 2 amide bonds. The minimum atomic E-state index is -0.450. The van der Waals surface area contributed by atoms with Crippen molar-refractivity contribution in [3.8, 4) is 0 Å². The van der Waals surface area contributed by atoms with Crippen LogP contribution in [0.4, 0.5) is 0 Å². The third kappa shape index (κ3) is 20.7. The lowest BCUT2D eigenvalue weighted by Crippen LogP contribution is -2.48. The van der Waals surface area contributed by atoms with Gasteiger partial charge in [-0.2, -0.15) is 0 Å². The number of nitrogens with zero attached hydrogens (tertiary/aromatic N) is 5. The summed E-state index contributed by atoms with van der Waals surface area (Å²) >= 11 is 0. The third-order valence-corrected chi connectivity index (χ3v) is 11.4. The van der Waals surface area contributed by atoms with Crippen LogP contribution in [0, 0.1) is 15.6 Å². The van der Waals surface area contributed by atoms with Gasteiger partial charge in [0.25, 0.3) is 0 Å². The van der Waals surface area contributed by atoms with Crippen LogP contribution in [0.25, 0.3) is 0 Å². The largest absolute Gasteiger partial charge is 0.633 e. The first kappa shape index (κ1) is 52.9. The Labute approximate surface area is 354 Å². The van der Waals surface area contributed by atoms with Crippen molar-refractivity contribution in [2.75, 3.05) is 81.6 Å². The minimum Gasteiger partial charge on any atom is -0.633 e. The Bertz CT molecular complexity index is 1380. The summed E-state index contributed by atoms with van der Waals surface area (Å²) in [7, 11) is 9.56. The molecule has 0 N–H and O–H groups in total. The highest BCUT2D eigenvalue weighted by Crippen LogP contribution is 2.40. The maximum absolute atomic E-state index is 13.6. The van der Waals surface area contributed by atoms with E-state index in [0.717, 1.165) is 77.0 Å². The molecule has 0 fully saturated rings. The quantitative estimate of drug-likeness (QED) is 0.0628. The van der Waals surface area contributed by atoms with Gasteiger partial charge in [-0.25, -0.2) is 0 Å². The molecule has 0 spiro atoms. The van der Waals surface area contributed by atoms with Crippen LogP contribution in [-0.2, 0) is 20.4 Å². The number of quaternary nitrogens is 3. The van der Waals surface area contributed by atoms with Crippen molar-refractivity contribution in [3.63, 3.8) is 0 Å². The molecule has 0 aliphatic rings. The summed E-state index contributed by atoms with van der Waals surface area (Å²) in [5, 5.41) is 36.2. The summed E-state index contributed by atoms with van der Waals surface area (Å²) in [6.07, 6.45) is 15.2. The van der Waals surface area contributed by atoms with E-state index in [1.54, 1.807) is 58.3 Å². The van der Waals surface area contributed by atoms with E-state index in [0.29, 0.717) is 52.1 Å². The molecule has 10 nitrogen and oxygen atoms in total. The maximum Gasteiger partial charge on any atom is 0.227 e. The van der Waals surface area contributed by atoms with E-state index in [2.05, 4.69) is 82.8 Å². The number of rotatable bonds is 28. The van der Waals surface area contributed by atoms with Gasteiger partial charge < -0.3 is 39.4 Å². The number of likely N-dealkylation sites (N-methyl/N-ethyl adjacent to an activating group) is 3. The highest BCUT2D eigenvalue weighted by Gasteiger charge is 2.36. The number of amides is 2. The molecular weight excluding hydrogens is 727 g/mol. The Kier molecular flexibility index (Phi) is 23.9. The molecule has 0 unspecified atom stereocenters. The van der Waals surface area contributed by atoms with Gasteiger partial charge in [-0.15, -0.1) is 0 Å². The Morgan fingerprint density at radius 3 is 1.16 bits per heavy atom. The Hall–Kier alpha value is -3.12. The van der Waals surface area contributed by atoms with Crippen LogP contribution in [0.3, 0.4) is 0 Å². The van der Waals surface area contributed by atoms with Crippen molar-refractivity contribution >= 4 is 11.8 Å². The van der Waals surface area contributed by atoms with Crippen LogP contribution < -0.4 is 0 Å². The fourth-order valence-corrected chi connectivity index (χ4v) is 7.57. The molecule has 2 aromatic carbocycles. The molecule has 0 bridgehead atoms. The predicted molar refractivity (Wildman–Crippen MR) is 243 cm³/mol. The van der Waals surface area contributed by atoms with Crippen molar-refractivity contribution in [1.29, 1.82) is 0 Å². The van der Waals surface area contributed by atoms with Gasteiger partial charge in [0.15, 0.2) is 0 Å². The summed E-state index contributed by atoms with van der Waals surface area (Å²) in [6, 6.07) is 20.9. The van der Waals surface area contributed by atoms with E-state index in [1.807, 2.05) is 12.1 Å². The zero-order valence-electron chi connectivity index (χ0n) is 38.5. The van der Waals surface area contributed by atoms with Gasteiger partial charge in [-0.05, 0) is 43.0 Å². The third-order valence-electron chi connectivity index (χ3n) is 11.4. The van der Waals surface area contributed by atoms with Gasteiger partial charge in [0, 0.05) is 23.7 Å². The Morgan fingerprint density at radius 1 is 0.552 bits per heavy atom. The maximum atomic E-state index is 13.6. The highest BCUT2D eigenvalue weighted by atomic mass is 16.5.